The van der Waals surface area contributed by atoms with Gasteiger partial charge in [-0.15, -0.1) is 0 Å². The Morgan fingerprint density at radius 1 is 0.743 bits per heavy atom. The summed E-state index contributed by atoms with van der Waals surface area (Å²) in [5.41, 5.74) is 0.960. The lowest BCUT2D eigenvalue weighted by molar-refractivity contribution is -0.153. The lowest BCUT2D eigenvalue weighted by Gasteiger charge is -2.31. The van der Waals surface area contributed by atoms with Gasteiger partial charge >= 0.3 is 17.9 Å². The molecule has 0 spiro atoms. The molecule has 2 N–H and O–H groups in total. The molecular formula is C26H42N2O7. The maximum atomic E-state index is 12.3. The van der Waals surface area contributed by atoms with Crippen LogP contribution in [0.4, 0.5) is 0 Å². The zero-order valence-electron chi connectivity index (χ0n) is 22.1. The number of carboxylic acids is 2. The summed E-state index contributed by atoms with van der Waals surface area (Å²) in [6, 6.07) is 7.51. The van der Waals surface area contributed by atoms with Crippen molar-refractivity contribution < 1.29 is 34.1 Å². The van der Waals surface area contributed by atoms with Crippen LogP contribution in [0.5, 0.6) is 0 Å². The van der Waals surface area contributed by atoms with E-state index in [2.05, 4.69) is 0 Å². The van der Waals surface area contributed by atoms with Gasteiger partial charge < -0.3 is 14.9 Å². The fraction of sp³-hybridized carbons (Fsp3) is 0.615. The van der Waals surface area contributed by atoms with E-state index >= 15 is 0 Å². The molecule has 0 aliphatic heterocycles. The monoisotopic (exact) mass is 494 g/mol. The summed E-state index contributed by atoms with van der Waals surface area (Å²) in [7, 11) is 3.35. The molecule has 0 radical (unpaired) electrons. The van der Waals surface area contributed by atoms with Crippen molar-refractivity contribution in [1.82, 2.24) is 9.80 Å². The van der Waals surface area contributed by atoms with Crippen LogP contribution in [0.3, 0.4) is 0 Å². The third-order valence-electron chi connectivity index (χ3n) is 6.05. The Balaban J connectivity index is 0.000000720. The third kappa shape index (κ3) is 10.6. The number of ketones is 1. The Morgan fingerprint density at radius 2 is 1.14 bits per heavy atom. The minimum Gasteiger partial charge on any atom is -0.480 e. The van der Waals surface area contributed by atoms with Gasteiger partial charge in [0.05, 0.1) is 6.04 Å². The molecule has 4 atom stereocenters. The number of esters is 1. The fourth-order valence-corrected chi connectivity index (χ4v) is 4.02. The van der Waals surface area contributed by atoms with E-state index in [1.807, 2.05) is 56.1 Å². The molecule has 0 aliphatic rings. The highest BCUT2D eigenvalue weighted by Gasteiger charge is 2.30. The Labute approximate surface area is 209 Å². The van der Waals surface area contributed by atoms with Gasteiger partial charge in [-0.3, -0.25) is 29.0 Å². The van der Waals surface area contributed by atoms with Crippen molar-refractivity contribution >= 4 is 23.7 Å². The van der Waals surface area contributed by atoms with Gasteiger partial charge in [0.2, 0.25) is 0 Å². The zero-order valence-corrected chi connectivity index (χ0v) is 22.1. The van der Waals surface area contributed by atoms with Crippen molar-refractivity contribution in [3.8, 4) is 0 Å². The average molecular weight is 495 g/mol. The number of benzene rings is 1. The van der Waals surface area contributed by atoms with E-state index in [1.165, 1.54) is 11.9 Å². The summed E-state index contributed by atoms with van der Waals surface area (Å²) in [6.07, 6.45) is 2.10. The number of aliphatic carboxylic acids is 2. The number of ether oxygens (including phenoxy) is 1. The molecule has 1 aromatic rings. The quantitative estimate of drug-likeness (QED) is 0.374. The van der Waals surface area contributed by atoms with E-state index in [0.717, 1.165) is 5.56 Å². The first-order chi connectivity index (χ1) is 16.5. The molecule has 4 unspecified atom stereocenters. The number of nitrogens with zero attached hydrogens (tertiary/aromatic N) is 2. The fourth-order valence-electron chi connectivity index (χ4n) is 4.02. The number of carbonyl (C=O) groups excluding carboxylic acids is 2. The van der Waals surface area contributed by atoms with E-state index in [4.69, 9.17) is 14.9 Å². The lowest BCUT2D eigenvalue weighted by atomic mass is 10.1. The molecule has 1 rings (SSSR count). The molecule has 0 amide bonds. The van der Waals surface area contributed by atoms with Crippen molar-refractivity contribution in [2.45, 2.75) is 91.1 Å². The van der Waals surface area contributed by atoms with Crippen molar-refractivity contribution in [1.29, 1.82) is 0 Å². The Morgan fingerprint density at radius 3 is 1.49 bits per heavy atom. The van der Waals surface area contributed by atoms with Crippen molar-refractivity contribution in [2.24, 2.45) is 0 Å². The van der Waals surface area contributed by atoms with Crippen LogP contribution in [0.1, 0.15) is 65.9 Å². The molecule has 9 nitrogen and oxygen atoms in total. The standard InChI is InChI=1S/C17H25NO3.C9H17NO4/c1-5-15(13(3)19)18(4)16(6-2)17(20)21-12-14-10-8-7-9-11-14;1-4-6(8(11)12)10(3)7(5-2)9(13)14/h7-11,15-16H,5-6,12H2,1-4H3;6-7H,4-5H2,1-3H3,(H,11,12)(H,13,14). The van der Waals surface area contributed by atoms with Crippen LogP contribution in [-0.4, -0.2) is 82.0 Å². The first-order valence-corrected chi connectivity index (χ1v) is 12.1. The molecule has 0 aromatic heterocycles. The second-order valence-corrected chi connectivity index (χ2v) is 8.41. The number of carbonyl (C=O) groups is 4. The molecule has 0 bridgehead atoms. The maximum Gasteiger partial charge on any atom is 0.323 e. The highest BCUT2D eigenvalue weighted by atomic mass is 16.5. The largest absolute Gasteiger partial charge is 0.480 e. The van der Waals surface area contributed by atoms with Gasteiger partial charge in [-0.05, 0) is 52.3 Å². The van der Waals surface area contributed by atoms with Crippen LogP contribution in [-0.2, 0) is 30.5 Å². The van der Waals surface area contributed by atoms with E-state index in [-0.39, 0.29) is 30.4 Å². The molecule has 35 heavy (non-hydrogen) atoms. The van der Waals surface area contributed by atoms with Gasteiger partial charge in [-0.1, -0.05) is 58.0 Å². The van der Waals surface area contributed by atoms with Crippen LogP contribution in [0.15, 0.2) is 30.3 Å². The third-order valence-corrected chi connectivity index (χ3v) is 6.05. The van der Waals surface area contributed by atoms with Gasteiger partial charge in [0, 0.05) is 0 Å². The number of hydrogen-bond donors (Lipinski definition) is 2. The summed E-state index contributed by atoms with van der Waals surface area (Å²) in [5, 5.41) is 17.7. The van der Waals surface area contributed by atoms with Crippen molar-refractivity contribution in [2.75, 3.05) is 14.1 Å². The Bertz CT molecular complexity index is 778. The highest BCUT2D eigenvalue weighted by molar-refractivity contribution is 5.83. The van der Waals surface area contributed by atoms with Gasteiger partial charge in [-0.25, -0.2) is 0 Å². The summed E-state index contributed by atoms with van der Waals surface area (Å²) < 4.78 is 5.38. The molecule has 1 aromatic carbocycles. The molecule has 198 valence electrons. The molecule has 0 aliphatic carbocycles. The minimum absolute atomic E-state index is 0.0781. The average Bonchev–Trinajstić information content (AvgIpc) is 2.80. The molecule has 9 heteroatoms. The van der Waals surface area contributed by atoms with Gasteiger partial charge in [0.1, 0.15) is 30.5 Å². The normalized spacial score (nSPS) is 14.3. The second-order valence-electron chi connectivity index (χ2n) is 8.41. The van der Waals surface area contributed by atoms with Gasteiger partial charge in [0.15, 0.2) is 0 Å². The second kappa shape index (κ2) is 16.8. The molecular weight excluding hydrogens is 452 g/mol. The molecule has 0 heterocycles. The number of carboxylic acid groups (broad SMARTS) is 2. The topological polar surface area (TPSA) is 124 Å². The summed E-state index contributed by atoms with van der Waals surface area (Å²) >= 11 is 0. The van der Waals surface area contributed by atoms with Crippen LogP contribution in [0, 0.1) is 0 Å². The van der Waals surface area contributed by atoms with E-state index in [9.17, 15) is 19.2 Å². The van der Waals surface area contributed by atoms with Crippen LogP contribution < -0.4 is 0 Å². The number of rotatable bonds is 14. The van der Waals surface area contributed by atoms with Gasteiger partial charge in [-0.2, -0.15) is 0 Å². The first-order valence-electron chi connectivity index (χ1n) is 12.1. The first kappa shape index (κ1) is 32.2. The minimum atomic E-state index is -0.977. The zero-order chi connectivity index (χ0) is 27.1. The summed E-state index contributed by atoms with van der Waals surface area (Å²) in [5.74, 6) is -2.15. The van der Waals surface area contributed by atoms with Crippen molar-refractivity contribution in [3.63, 3.8) is 0 Å². The summed E-state index contributed by atoms with van der Waals surface area (Å²) in [4.78, 5) is 48.7. The van der Waals surface area contributed by atoms with Crippen LogP contribution in [0.2, 0.25) is 0 Å². The lowest BCUT2D eigenvalue weighted by Crippen LogP contribution is -2.47. The molecule has 0 saturated heterocycles. The number of likely N-dealkylation sites (N-methyl/N-ethyl adjacent to an activating group) is 2. The molecule has 0 saturated carbocycles. The highest BCUT2D eigenvalue weighted by Crippen LogP contribution is 2.14. The number of hydrogen-bond acceptors (Lipinski definition) is 7. The van der Waals surface area contributed by atoms with Crippen LogP contribution in [0.25, 0.3) is 0 Å². The predicted octanol–water partition coefficient (Wildman–Crippen LogP) is 3.45. The van der Waals surface area contributed by atoms with E-state index in [1.54, 1.807) is 20.8 Å². The van der Waals surface area contributed by atoms with E-state index in [0.29, 0.717) is 25.7 Å². The van der Waals surface area contributed by atoms with Crippen molar-refractivity contribution in [3.05, 3.63) is 35.9 Å². The van der Waals surface area contributed by atoms with Crippen LogP contribution >= 0.6 is 0 Å². The molecule has 0 fully saturated rings. The Kier molecular flexibility index (Phi) is 15.4. The maximum absolute atomic E-state index is 12.3. The smallest absolute Gasteiger partial charge is 0.323 e. The predicted molar refractivity (Wildman–Crippen MR) is 134 cm³/mol. The number of Topliss-reactive ketones (excluding diaryl/α,β-unsaturated/α-hetero) is 1. The Hall–Kier alpha value is -2.78. The van der Waals surface area contributed by atoms with Gasteiger partial charge in [0.25, 0.3) is 0 Å². The SMILES string of the molecule is CCC(C(=O)O)N(C)C(CC)C(=O)O.CCC(C(C)=O)N(C)C(CC)C(=O)OCc1ccccc1. The summed E-state index contributed by atoms with van der Waals surface area (Å²) in [6.45, 7) is 9.16. The van der Waals surface area contributed by atoms with E-state index < -0.39 is 24.0 Å².